The maximum atomic E-state index is 12.0. The molecular formula is C18H30N4O5. The van der Waals surface area contributed by atoms with Crippen LogP contribution in [0.5, 0.6) is 0 Å². The summed E-state index contributed by atoms with van der Waals surface area (Å²) in [4.78, 5) is 46.0. The number of carboxylic acid groups (broad SMARTS) is 1. The molecule has 0 aliphatic carbocycles. The summed E-state index contributed by atoms with van der Waals surface area (Å²) in [6.45, 7) is 10.8. The van der Waals surface area contributed by atoms with Crippen LogP contribution in [-0.2, 0) is 19.2 Å². The first-order valence-corrected chi connectivity index (χ1v) is 8.72. The summed E-state index contributed by atoms with van der Waals surface area (Å²) < 4.78 is 0. The van der Waals surface area contributed by atoms with Crippen LogP contribution in [0.4, 0.5) is 0 Å². The zero-order valence-corrected chi connectivity index (χ0v) is 16.0. The number of aliphatic carboxylic acids is 1. The average Bonchev–Trinajstić information content (AvgIpc) is 2.59. The van der Waals surface area contributed by atoms with Gasteiger partial charge in [-0.15, -0.1) is 0 Å². The Labute approximate surface area is 159 Å². The van der Waals surface area contributed by atoms with Crippen molar-refractivity contribution in [1.29, 1.82) is 0 Å². The molecule has 2 atom stereocenters. The minimum Gasteiger partial charge on any atom is -0.480 e. The van der Waals surface area contributed by atoms with Gasteiger partial charge in [-0.25, -0.2) is 4.79 Å². The molecule has 0 heterocycles. The molecule has 3 amide bonds. The van der Waals surface area contributed by atoms with Gasteiger partial charge in [0.05, 0.1) is 6.04 Å². The van der Waals surface area contributed by atoms with E-state index in [9.17, 15) is 24.3 Å². The molecule has 9 nitrogen and oxygen atoms in total. The van der Waals surface area contributed by atoms with Crippen LogP contribution in [0.2, 0.25) is 0 Å². The number of rotatable bonds is 13. The molecule has 152 valence electrons. The van der Waals surface area contributed by atoms with Gasteiger partial charge in [0.25, 0.3) is 0 Å². The lowest BCUT2D eigenvalue weighted by Gasteiger charge is -2.18. The van der Waals surface area contributed by atoms with E-state index in [4.69, 9.17) is 5.73 Å². The Morgan fingerprint density at radius 2 is 1.37 bits per heavy atom. The zero-order chi connectivity index (χ0) is 21.0. The van der Waals surface area contributed by atoms with Gasteiger partial charge in [0.2, 0.25) is 17.7 Å². The van der Waals surface area contributed by atoms with Crippen molar-refractivity contribution < 1.29 is 24.3 Å². The fraction of sp³-hybridized carbons (Fsp3) is 0.556. The second-order valence-corrected chi connectivity index (χ2v) is 6.36. The first-order chi connectivity index (χ1) is 12.6. The third kappa shape index (κ3) is 10.8. The Morgan fingerprint density at radius 3 is 1.78 bits per heavy atom. The van der Waals surface area contributed by atoms with E-state index in [0.717, 1.165) is 0 Å². The maximum absolute atomic E-state index is 12.0. The predicted octanol–water partition coefficient (Wildman–Crippen LogP) is -0.172. The summed E-state index contributed by atoms with van der Waals surface area (Å²) >= 11 is 0. The molecule has 0 aromatic rings. The number of hydrogen-bond acceptors (Lipinski definition) is 5. The number of amides is 3. The fourth-order valence-corrected chi connectivity index (χ4v) is 2.00. The summed E-state index contributed by atoms with van der Waals surface area (Å²) in [7, 11) is 0. The van der Waals surface area contributed by atoms with E-state index >= 15 is 0 Å². The molecule has 0 rings (SSSR count). The number of nitrogens with two attached hydrogens (primary N) is 1. The highest BCUT2D eigenvalue weighted by Gasteiger charge is 2.22. The SMILES string of the molecule is C=C(C)C(=O)NCCC[C@H](NC(=O)[C@@H](N)CCCNC(=O)C(=C)C)C(=O)O. The van der Waals surface area contributed by atoms with Crippen molar-refractivity contribution in [2.45, 2.75) is 51.6 Å². The standard InChI is InChI=1S/C18H30N4O5/c1-11(2)15(23)20-9-5-7-13(19)17(25)22-14(18(26)27)8-6-10-21-16(24)12(3)4/h13-14H,1,3,5-10,19H2,2,4H3,(H,20,23)(H,21,24)(H,22,25)(H,26,27)/t13-,14-/m0/s1. The van der Waals surface area contributed by atoms with Gasteiger partial charge in [0.1, 0.15) is 6.04 Å². The fourth-order valence-electron chi connectivity index (χ4n) is 2.00. The minimum atomic E-state index is -1.17. The van der Waals surface area contributed by atoms with E-state index in [1.165, 1.54) is 0 Å². The highest BCUT2D eigenvalue weighted by Crippen LogP contribution is 2.01. The van der Waals surface area contributed by atoms with Gasteiger partial charge < -0.3 is 26.8 Å². The Bertz CT molecular complexity index is 588. The number of hydrogen-bond donors (Lipinski definition) is 5. The lowest BCUT2D eigenvalue weighted by molar-refractivity contribution is -0.142. The van der Waals surface area contributed by atoms with Crippen molar-refractivity contribution in [2.24, 2.45) is 5.73 Å². The molecule has 0 unspecified atom stereocenters. The van der Waals surface area contributed by atoms with Crippen LogP contribution in [0, 0.1) is 0 Å². The van der Waals surface area contributed by atoms with Crippen LogP contribution in [0.25, 0.3) is 0 Å². The lowest BCUT2D eigenvalue weighted by Crippen LogP contribution is -2.48. The molecule has 9 heteroatoms. The zero-order valence-electron chi connectivity index (χ0n) is 16.0. The molecule has 27 heavy (non-hydrogen) atoms. The molecule has 0 fully saturated rings. The molecule has 0 aromatic carbocycles. The van der Waals surface area contributed by atoms with E-state index in [-0.39, 0.29) is 24.8 Å². The van der Waals surface area contributed by atoms with Gasteiger partial charge in [-0.05, 0) is 39.5 Å². The molecular weight excluding hydrogens is 352 g/mol. The maximum Gasteiger partial charge on any atom is 0.326 e. The van der Waals surface area contributed by atoms with Gasteiger partial charge in [0, 0.05) is 24.2 Å². The topological polar surface area (TPSA) is 151 Å². The normalized spacial score (nSPS) is 12.4. The molecule has 6 N–H and O–H groups in total. The molecule has 0 radical (unpaired) electrons. The second kappa shape index (κ2) is 12.6. The van der Waals surface area contributed by atoms with E-state index in [1.807, 2.05) is 0 Å². The largest absolute Gasteiger partial charge is 0.480 e. The average molecular weight is 382 g/mol. The number of carboxylic acids is 1. The Balaban J connectivity index is 4.24. The Hall–Kier alpha value is -2.68. The third-order valence-electron chi connectivity index (χ3n) is 3.66. The molecule has 0 saturated carbocycles. The van der Waals surface area contributed by atoms with Gasteiger partial charge in [-0.3, -0.25) is 14.4 Å². The van der Waals surface area contributed by atoms with Crippen molar-refractivity contribution in [3.8, 4) is 0 Å². The van der Waals surface area contributed by atoms with E-state index < -0.39 is 24.0 Å². The van der Waals surface area contributed by atoms with Crippen molar-refractivity contribution in [3.63, 3.8) is 0 Å². The van der Waals surface area contributed by atoms with Crippen LogP contribution in [0.3, 0.4) is 0 Å². The molecule has 0 spiro atoms. The molecule has 0 aliphatic heterocycles. The summed E-state index contributed by atoms with van der Waals surface area (Å²) in [6, 6.07) is -1.97. The summed E-state index contributed by atoms with van der Waals surface area (Å²) in [6.07, 6.45) is 1.29. The van der Waals surface area contributed by atoms with Gasteiger partial charge in [-0.1, -0.05) is 13.2 Å². The lowest BCUT2D eigenvalue weighted by atomic mass is 10.1. The van der Waals surface area contributed by atoms with E-state index in [0.29, 0.717) is 37.0 Å². The van der Waals surface area contributed by atoms with E-state index in [2.05, 4.69) is 29.1 Å². The van der Waals surface area contributed by atoms with Gasteiger partial charge in [-0.2, -0.15) is 0 Å². The van der Waals surface area contributed by atoms with Crippen LogP contribution in [0.1, 0.15) is 39.5 Å². The number of carbonyl (C=O) groups is 4. The van der Waals surface area contributed by atoms with Crippen molar-refractivity contribution in [1.82, 2.24) is 16.0 Å². The summed E-state index contributed by atoms with van der Waals surface area (Å²) in [5.74, 6) is -2.31. The smallest absolute Gasteiger partial charge is 0.326 e. The van der Waals surface area contributed by atoms with E-state index in [1.54, 1.807) is 13.8 Å². The van der Waals surface area contributed by atoms with Gasteiger partial charge in [0.15, 0.2) is 0 Å². The number of carbonyl (C=O) groups excluding carboxylic acids is 3. The van der Waals surface area contributed by atoms with Crippen LogP contribution in [-0.4, -0.2) is 54.0 Å². The van der Waals surface area contributed by atoms with Crippen LogP contribution in [0.15, 0.2) is 24.3 Å². The predicted molar refractivity (Wildman–Crippen MR) is 102 cm³/mol. The third-order valence-corrected chi connectivity index (χ3v) is 3.66. The van der Waals surface area contributed by atoms with Crippen LogP contribution >= 0.6 is 0 Å². The number of nitrogens with one attached hydrogen (secondary N) is 3. The van der Waals surface area contributed by atoms with Crippen molar-refractivity contribution >= 4 is 23.7 Å². The summed E-state index contributed by atoms with van der Waals surface area (Å²) in [5, 5.41) is 16.8. The highest BCUT2D eigenvalue weighted by atomic mass is 16.4. The molecule has 0 aliphatic rings. The van der Waals surface area contributed by atoms with Crippen molar-refractivity contribution in [3.05, 3.63) is 24.3 Å². The van der Waals surface area contributed by atoms with Crippen LogP contribution < -0.4 is 21.7 Å². The molecule has 0 bridgehead atoms. The monoisotopic (exact) mass is 382 g/mol. The Kier molecular flexibility index (Phi) is 11.4. The minimum absolute atomic E-state index is 0.152. The molecule has 0 saturated heterocycles. The quantitative estimate of drug-likeness (QED) is 0.220. The second-order valence-electron chi connectivity index (χ2n) is 6.36. The molecule has 0 aromatic heterocycles. The first-order valence-electron chi connectivity index (χ1n) is 8.72. The highest BCUT2D eigenvalue weighted by molar-refractivity contribution is 5.92. The van der Waals surface area contributed by atoms with Gasteiger partial charge >= 0.3 is 5.97 Å². The van der Waals surface area contributed by atoms with Crippen molar-refractivity contribution in [2.75, 3.05) is 13.1 Å². The summed E-state index contributed by atoms with van der Waals surface area (Å²) in [5.41, 5.74) is 6.52. The Morgan fingerprint density at radius 1 is 0.926 bits per heavy atom. The first kappa shape index (κ1) is 24.3.